The molecule has 3 N–H and O–H groups in total. The van der Waals surface area contributed by atoms with Gasteiger partial charge >= 0.3 is 0 Å². The number of aliphatic hydroxyl groups excluding tert-OH is 1. The second-order valence-electron chi connectivity index (χ2n) is 3.70. The van der Waals surface area contributed by atoms with Gasteiger partial charge in [-0.05, 0) is 18.6 Å². The van der Waals surface area contributed by atoms with E-state index in [0.717, 1.165) is 22.3 Å². The van der Waals surface area contributed by atoms with Gasteiger partial charge in [-0.3, -0.25) is 0 Å². The number of nitrogens with two attached hydrogens (primary N) is 1. The molecule has 3 heteroatoms. The Morgan fingerprint density at radius 3 is 2.73 bits per heavy atom. The van der Waals surface area contributed by atoms with E-state index in [9.17, 15) is 5.11 Å². The summed E-state index contributed by atoms with van der Waals surface area (Å²) >= 11 is 0. The first-order valence-corrected chi connectivity index (χ1v) is 5.07. The molecule has 80 valence electrons. The summed E-state index contributed by atoms with van der Waals surface area (Å²) < 4.78 is 5.70. The van der Waals surface area contributed by atoms with Crippen molar-refractivity contribution in [3.63, 3.8) is 0 Å². The van der Waals surface area contributed by atoms with Crippen LogP contribution in [0.15, 0.2) is 28.7 Å². The van der Waals surface area contributed by atoms with Crippen LogP contribution in [0.3, 0.4) is 0 Å². The van der Waals surface area contributed by atoms with Crippen LogP contribution in [0, 0.1) is 6.92 Å². The zero-order chi connectivity index (χ0) is 10.8. The zero-order valence-corrected chi connectivity index (χ0v) is 8.73. The third kappa shape index (κ3) is 1.64. The van der Waals surface area contributed by atoms with Gasteiger partial charge in [0.25, 0.3) is 0 Å². The number of hydrogen-bond acceptors (Lipinski definition) is 3. The maximum absolute atomic E-state index is 9.19. The molecule has 0 aliphatic rings. The Bertz CT molecular complexity index is 458. The smallest absolute Gasteiger partial charge is 0.134 e. The minimum atomic E-state index is -0.0996. The summed E-state index contributed by atoms with van der Waals surface area (Å²) in [5, 5.41) is 10.3. The third-order valence-corrected chi connectivity index (χ3v) is 2.76. The summed E-state index contributed by atoms with van der Waals surface area (Å²) in [4.78, 5) is 0. The van der Waals surface area contributed by atoms with Gasteiger partial charge in [-0.15, -0.1) is 0 Å². The highest BCUT2D eigenvalue weighted by molar-refractivity contribution is 5.82. The Hall–Kier alpha value is -1.32. The van der Waals surface area contributed by atoms with Crippen molar-refractivity contribution in [1.29, 1.82) is 0 Å². The first-order valence-electron chi connectivity index (χ1n) is 5.07. The number of hydrogen-bond donors (Lipinski definition) is 2. The second-order valence-corrected chi connectivity index (χ2v) is 3.70. The zero-order valence-electron chi connectivity index (χ0n) is 8.73. The molecule has 15 heavy (non-hydrogen) atoms. The Morgan fingerprint density at radius 1 is 1.40 bits per heavy atom. The lowest BCUT2D eigenvalue weighted by molar-refractivity contribution is 0.253. The molecule has 0 aliphatic heterocycles. The van der Waals surface area contributed by atoms with Crippen molar-refractivity contribution < 1.29 is 9.52 Å². The minimum absolute atomic E-state index is 0.0250. The standard InChI is InChI=1S/C12H15NO2/c1-8-10-4-2-3-5-11(10)15-12(8)9(6-13)7-14/h2-5,9,14H,6-7,13H2,1H3. The van der Waals surface area contributed by atoms with Gasteiger partial charge in [-0.1, -0.05) is 18.2 Å². The van der Waals surface area contributed by atoms with Gasteiger partial charge < -0.3 is 15.3 Å². The normalized spacial score (nSPS) is 13.3. The van der Waals surface area contributed by atoms with Crippen LogP contribution < -0.4 is 5.73 Å². The average molecular weight is 205 g/mol. The quantitative estimate of drug-likeness (QED) is 0.803. The van der Waals surface area contributed by atoms with Crippen molar-refractivity contribution in [2.45, 2.75) is 12.8 Å². The first kappa shape index (κ1) is 10.2. The van der Waals surface area contributed by atoms with Crippen LogP contribution in [-0.4, -0.2) is 18.3 Å². The summed E-state index contributed by atoms with van der Waals surface area (Å²) in [6.07, 6.45) is 0. The lowest BCUT2D eigenvalue weighted by atomic mass is 10.0. The van der Waals surface area contributed by atoms with E-state index in [1.165, 1.54) is 0 Å². The van der Waals surface area contributed by atoms with E-state index >= 15 is 0 Å². The molecule has 1 aromatic heterocycles. The number of para-hydroxylation sites is 1. The first-order chi connectivity index (χ1) is 7.27. The Labute approximate surface area is 88.5 Å². The highest BCUT2D eigenvalue weighted by atomic mass is 16.3. The van der Waals surface area contributed by atoms with Crippen molar-refractivity contribution in [1.82, 2.24) is 0 Å². The van der Waals surface area contributed by atoms with Gasteiger partial charge in [0.15, 0.2) is 0 Å². The van der Waals surface area contributed by atoms with Gasteiger partial charge in [-0.25, -0.2) is 0 Å². The number of aliphatic hydroxyl groups is 1. The summed E-state index contributed by atoms with van der Waals surface area (Å²) in [7, 11) is 0. The number of aryl methyl sites for hydroxylation is 1. The molecule has 1 aromatic carbocycles. The molecule has 1 unspecified atom stereocenters. The van der Waals surface area contributed by atoms with Crippen LogP contribution in [0.1, 0.15) is 17.2 Å². The molecular weight excluding hydrogens is 190 g/mol. The molecule has 1 atom stereocenters. The van der Waals surface area contributed by atoms with E-state index in [2.05, 4.69) is 0 Å². The molecule has 2 rings (SSSR count). The molecular formula is C12H15NO2. The Kier molecular flexibility index (Phi) is 2.75. The number of fused-ring (bicyclic) bond motifs is 1. The third-order valence-electron chi connectivity index (χ3n) is 2.76. The molecule has 2 aromatic rings. The monoisotopic (exact) mass is 205 g/mol. The van der Waals surface area contributed by atoms with Crippen LogP contribution in [0.2, 0.25) is 0 Å². The minimum Gasteiger partial charge on any atom is -0.460 e. The summed E-state index contributed by atoms with van der Waals surface area (Å²) in [5.41, 5.74) is 7.52. The van der Waals surface area contributed by atoms with Gasteiger partial charge in [0.1, 0.15) is 11.3 Å². The highest BCUT2D eigenvalue weighted by Gasteiger charge is 2.17. The number of benzene rings is 1. The number of rotatable bonds is 3. The van der Waals surface area contributed by atoms with Crippen LogP contribution in [0.4, 0.5) is 0 Å². The van der Waals surface area contributed by atoms with Crippen LogP contribution in [0.25, 0.3) is 11.0 Å². The van der Waals surface area contributed by atoms with Crippen LogP contribution >= 0.6 is 0 Å². The summed E-state index contributed by atoms with van der Waals surface area (Å²) in [5.74, 6) is 0.707. The van der Waals surface area contributed by atoms with E-state index in [0.29, 0.717) is 6.54 Å². The maximum atomic E-state index is 9.19. The predicted octanol–water partition coefficient (Wildman–Crippen LogP) is 1.78. The molecule has 3 nitrogen and oxygen atoms in total. The molecule has 0 aliphatic carbocycles. The van der Waals surface area contributed by atoms with Crippen molar-refractivity contribution in [3.8, 4) is 0 Å². The van der Waals surface area contributed by atoms with Gasteiger partial charge in [0, 0.05) is 11.9 Å². The molecule has 0 saturated carbocycles. The molecule has 0 amide bonds. The largest absolute Gasteiger partial charge is 0.460 e. The SMILES string of the molecule is Cc1c(C(CN)CO)oc2ccccc12. The van der Waals surface area contributed by atoms with Crippen LogP contribution in [0.5, 0.6) is 0 Å². The van der Waals surface area contributed by atoms with E-state index in [1.807, 2.05) is 31.2 Å². The van der Waals surface area contributed by atoms with E-state index in [1.54, 1.807) is 0 Å². The van der Waals surface area contributed by atoms with Crippen molar-refractivity contribution in [3.05, 3.63) is 35.6 Å². The fraction of sp³-hybridized carbons (Fsp3) is 0.333. The molecule has 1 heterocycles. The Balaban J connectivity index is 2.57. The highest BCUT2D eigenvalue weighted by Crippen LogP contribution is 2.29. The average Bonchev–Trinajstić information content (AvgIpc) is 2.60. The molecule has 0 radical (unpaired) electrons. The molecule has 0 bridgehead atoms. The van der Waals surface area contributed by atoms with Crippen molar-refractivity contribution in [2.75, 3.05) is 13.2 Å². The van der Waals surface area contributed by atoms with E-state index in [-0.39, 0.29) is 12.5 Å². The second kappa shape index (κ2) is 4.04. The molecule has 0 saturated heterocycles. The molecule has 0 spiro atoms. The maximum Gasteiger partial charge on any atom is 0.134 e. The van der Waals surface area contributed by atoms with E-state index in [4.69, 9.17) is 10.2 Å². The summed E-state index contributed by atoms with van der Waals surface area (Å²) in [6, 6.07) is 7.86. The van der Waals surface area contributed by atoms with Crippen molar-refractivity contribution >= 4 is 11.0 Å². The van der Waals surface area contributed by atoms with Gasteiger partial charge in [0.2, 0.25) is 0 Å². The van der Waals surface area contributed by atoms with E-state index < -0.39 is 0 Å². The fourth-order valence-electron chi connectivity index (χ4n) is 1.85. The number of furan rings is 1. The topological polar surface area (TPSA) is 59.4 Å². The van der Waals surface area contributed by atoms with Crippen molar-refractivity contribution in [2.24, 2.45) is 5.73 Å². The lowest BCUT2D eigenvalue weighted by Gasteiger charge is -2.08. The Morgan fingerprint density at radius 2 is 2.13 bits per heavy atom. The van der Waals surface area contributed by atoms with Gasteiger partial charge in [0.05, 0.1) is 12.5 Å². The predicted molar refractivity (Wildman–Crippen MR) is 59.8 cm³/mol. The summed E-state index contributed by atoms with van der Waals surface area (Å²) in [6.45, 7) is 2.42. The fourth-order valence-corrected chi connectivity index (χ4v) is 1.85. The van der Waals surface area contributed by atoms with Gasteiger partial charge in [-0.2, -0.15) is 0 Å². The molecule has 0 fully saturated rings. The lowest BCUT2D eigenvalue weighted by Crippen LogP contribution is -2.16. The van der Waals surface area contributed by atoms with Crippen LogP contribution in [-0.2, 0) is 0 Å².